The minimum absolute atomic E-state index is 0.000451. The third kappa shape index (κ3) is 24.5. The first-order chi connectivity index (χ1) is 49.0. The van der Waals surface area contributed by atoms with Crippen LogP contribution in [-0.2, 0) is 92.2 Å². The average Bonchev–Trinajstić information content (AvgIpc) is 1.70. The molecule has 0 unspecified atom stereocenters. The highest BCUT2D eigenvalue weighted by Crippen LogP contribution is 2.19. The van der Waals surface area contributed by atoms with Gasteiger partial charge in [-0.1, -0.05) is 0 Å². The Morgan fingerprint density at radius 1 is 0.343 bits per heavy atom. The molecule has 0 saturated heterocycles. The number of hydrogen-bond acceptors (Lipinski definition) is 21. The number of carbonyl (C=O) groups is 11. The van der Waals surface area contributed by atoms with Gasteiger partial charge in [0.15, 0.2) is 23.3 Å². The predicted octanol–water partition coefficient (Wildman–Crippen LogP) is -0.663. The van der Waals surface area contributed by atoms with E-state index < -0.39 is 59.1 Å². The second-order valence-corrected chi connectivity index (χ2v) is 22.8. The number of nitrogens with zero attached hydrogens (tertiary/aromatic N) is 11. The van der Waals surface area contributed by atoms with Crippen LogP contribution in [0.3, 0.4) is 0 Å². The SMILES string of the molecule is Cn1cc(NC(=O)c2nc(NC(=O)CCNC(=O)c3cc(NC(=O)c4nccn4C)cn3C)cn2C)cc1C(=O)NCCCC(=O)Nc1cn(C)c(C(=O)NCCC(=O)Nc2cc(C(=O)Nc3cn(C)c(C(=O)NCCC(=O)NCCOCCOCCOCCOCCOCCN)n3)n(C)c2)n1. The maximum absolute atomic E-state index is 13.3. The molecule has 7 heterocycles. The van der Waals surface area contributed by atoms with E-state index in [-0.39, 0.29) is 147 Å². The van der Waals surface area contributed by atoms with Crippen molar-refractivity contribution >= 4 is 99.5 Å². The number of imidazole rings is 4. The van der Waals surface area contributed by atoms with Crippen molar-refractivity contribution in [1.29, 1.82) is 0 Å². The molecule has 0 aliphatic carbocycles. The summed E-state index contributed by atoms with van der Waals surface area (Å²) in [7, 11) is 11.2. The summed E-state index contributed by atoms with van der Waals surface area (Å²) in [5.74, 6) is -5.23. The van der Waals surface area contributed by atoms with E-state index in [1.165, 1.54) is 82.8 Å². The summed E-state index contributed by atoms with van der Waals surface area (Å²) in [6, 6.07) is 4.38. The first-order valence-corrected chi connectivity index (χ1v) is 32.3. The maximum atomic E-state index is 13.3. The maximum Gasteiger partial charge on any atom is 0.291 e. The predicted molar refractivity (Wildman–Crippen MR) is 367 cm³/mol. The molecule has 0 aliphatic heterocycles. The van der Waals surface area contributed by atoms with Gasteiger partial charge in [-0.15, -0.1) is 0 Å². The number of anilines is 6. The van der Waals surface area contributed by atoms with Crippen molar-refractivity contribution in [3.8, 4) is 0 Å². The monoisotopic (exact) mass is 1420 g/mol. The highest BCUT2D eigenvalue weighted by atomic mass is 16.6. The second kappa shape index (κ2) is 39.4. The third-order valence-electron chi connectivity index (χ3n) is 14.6. The molecule has 102 heavy (non-hydrogen) atoms. The molecule has 0 fully saturated rings. The van der Waals surface area contributed by atoms with Crippen molar-refractivity contribution in [2.45, 2.75) is 32.1 Å². The van der Waals surface area contributed by atoms with Crippen LogP contribution in [0.15, 0.2) is 67.8 Å². The minimum atomic E-state index is -0.637. The molecule has 11 amide bonds. The lowest BCUT2D eigenvalue weighted by molar-refractivity contribution is -0.121. The van der Waals surface area contributed by atoms with Gasteiger partial charge >= 0.3 is 0 Å². The van der Waals surface area contributed by atoms with E-state index in [1.807, 2.05) is 0 Å². The van der Waals surface area contributed by atoms with Crippen molar-refractivity contribution in [2.75, 3.05) is 137 Å². The van der Waals surface area contributed by atoms with E-state index in [9.17, 15) is 52.7 Å². The number of carbonyl (C=O) groups excluding carboxylic acids is 11. The van der Waals surface area contributed by atoms with Gasteiger partial charge in [0.25, 0.3) is 41.4 Å². The molecule has 0 aromatic carbocycles. The van der Waals surface area contributed by atoms with Gasteiger partial charge in [0, 0.05) is 164 Å². The summed E-state index contributed by atoms with van der Waals surface area (Å²) in [4.78, 5) is 159. The van der Waals surface area contributed by atoms with E-state index in [0.717, 1.165) is 0 Å². The lowest BCUT2D eigenvalue weighted by atomic mass is 10.3. The lowest BCUT2D eigenvalue weighted by Gasteiger charge is -2.09. The Kier molecular flexibility index (Phi) is 30.1. The average molecular weight is 1420 g/mol. The van der Waals surface area contributed by atoms with E-state index in [1.54, 1.807) is 66.3 Å². The van der Waals surface area contributed by atoms with Crippen LogP contribution in [0.25, 0.3) is 0 Å². The van der Waals surface area contributed by atoms with E-state index >= 15 is 0 Å². The summed E-state index contributed by atoms with van der Waals surface area (Å²) in [5, 5.41) is 29.4. The Morgan fingerprint density at radius 3 is 1.18 bits per heavy atom. The van der Waals surface area contributed by atoms with Crippen LogP contribution in [-0.4, -0.2) is 222 Å². The fourth-order valence-corrected chi connectivity index (χ4v) is 9.64. The standard InChI is InChI=1S/C63H87N23O16/c1-80-20-18-66-53(80)62(96)72-41-32-44(82(3)35-41)58(92)68-16-12-52(90)75-47-38-86(7)56(77-47)63(97)73-42-33-43(81(2)36-42)57(91)67-14-8-9-50(88)74-46-37-84(5)54(76-46)60(94)70-17-11-51(89)71-40-31-45(83(4)34-40)59(93)79-48-39-85(6)55(78-48)61(95)69-15-10-49(87)65-19-22-99-24-26-101-28-30-102-29-27-100-25-23-98-21-13-64/h18,20,31-39H,8-17,19,21-30,64H2,1-7H3,(H,65,87)(H,67,91)(H,68,92)(H,69,95)(H,70,94)(H,71,89)(H,72,96)(H,73,97)(H,74,88)(H,75,90)(H,79,93). The molecular weight excluding hydrogens is 1330 g/mol. The quantitative estimate of drug-likeness (QED) is 0.0211. The van der Waals surface area contributed by atoms with Gasteiger partial charge in [-0.3, -0.25) is 52.7 Å². The van der Waals surface area contributed by atoms with Crippen molar-refractivity contribution in [3.63, 3.8) is 0 Å². The molecule has 39 heteroatoms. The fraction of sp³-hybridized carbons (Fsp3) is 0.444. The van der Waals surface area contributed by atoms with Crippen LogP contribution >= 0.6 is 0 Å². The van der Waals surface area contributed by atoms with E-state index in [0.29, 0.717) is 71.7 Å². The topological polar surface area (TPSA) is 478 Å². The number of aryl methyl sites for hydroxylation is 7. The zero-order valence-electron chi connectivity index (χ0n) is 57.7. The van der Waals surface area contributed by atoms with Crippen molar-refractivity contribution in [3.05, 3.63) is 108 Å². The van der Waals surface area contributed by atoms with Gasteiger partial charge < -0.3 is 120 Å². The highest BCUT2D eigenvalue weighted by molar-refractivity contribution is 6.06. The molecule has 0 atom stereocenters. The molecule has 7 rings (SSSR count). The Bertz CT molecular complexity index is 4060. The zero-order valence-corrected chi connectivity index (χ0v) is 57.7. The largest absolute Gasteiger partial charge is 0.378 e. The van der Waals surface area contributed by atoms with Crippen LogP contribution in [0.5, 0.6) is 0 Å². The number of nitrogens with one attached hydrogen (secondary N) is 11. The summed E-state index contributed by atoms with van der Waals surface area (Å²) >= 11 is 0. The van der Waals surface area contributed by atoms with Gasteiger partial charge in [0.05, 0.1) is 83.1 Å². The normalized spacial score (nSPS) is 11.0. The molecule has 13 N–H and O–H groups in total. The molecule has 7 aromatic heterocycles. The number of nitrogens with two attached hydrogens (primary N) is 1. The van der Waals surface area contributed by atoms with Crippen LogP contribution in [0, 0.1) is 0 Å². The van der Waals surface area contributed by atoms with Gasteiger partial charge in [0.1, 0.15) is 17.1 Å². The Balaban J connectivity index is 0.722. The van der Waals surface area contributed by atoms with E-state index in [4.69, 9.17) is 29.4 Å². The molecule has 0 saturated carbocycles. The molecule has 0 aliphatic rings. The fourth-order valence-electron chi connectivity index (χ4n) is 9.64. The van der Waals surface area contributed by atoms with Crippen molar-refractivity contribution in [1.82, 2.24) is 78.5 Å². The summed E-state index contributed by atoms with van der Waals surface area (Å²) < 4.78 is 37.2. The third-order valence-corrected chi connectivity index (χ3v) is 14.6. The Morgan fingerprint density at radius 2 is 0.716 bits per heavy atom. The second-order valence-electron chi connectivity index (χ2n) is 22.8. The number of aromatic nitrogens is 11. The Hall–Kier alpha value is -11.4. The van der Waals surface area contributed by atoms with E-state index in [2.05, 4.69) is 78.4 Å². The number of hydrogen-bond donors (Lipinski definition) is 12. The van der Waals surface area contributed by atoms with Gasteiger partial charge in [0.2, 0.25) is 41.1 Å². The number of amides is 11. The first-order valence-electron chi connectivity index (χ1n) is 32.3. The molecule has 0 radical (unpaired) electrons. The van der Waals surface area contributed by atoms with Gasteiger partial charge in [-0.25, -0.2) is 19.9 Å². The van der Waals surface area contributed by atoms with Crippen LogP contribution in [0.4, 0.5) is 34.5 Å². The smallest absolute Gasteiger partial charge is 0.291 e. The van der Waals surface area contributed by atoms with Gasteiger partial charge in [-0.2, -0.15) is 0 Å². The van der Waals surface area contributed by atoms with Crippen LogP contribution < -0.4 is 64.2 Å². The molecule has 550 valence electrons. The molecule has 7 aromatic rings. The minimum Gasteiger partial charge on any atom is -0.378 e. The molecule has 0 spiro atoms. The lowest BCUT2D eigenvalue weighted by Crippen LogP contribution is -2.33. The summed E-state index contributed by atoms with van der Waals surface area (Å²) in [5.41, 5.74) is 6.88. The summed E-state index contributed by atoms with van der Waals surface area (Å²) in [6.45, 7) is 4.89. The molecule has 39 nitrogen and oxygen atoms in total. The Labute approximate surface area is 585 Å². The van der Waals surface area contributed by atoms with Crippen LogP contribution in [0.2, 0.25) is 0 Å². The van der Waals surface area contributed by atoms with Crippen molar-refractivity contribution < 1.29 is 76.4 Å². The first kappa shape index (κ1) is 78.0. The molecular formula is C63H87N23O16. The zero-order chi connectivity index (χ0) is 73.7. The molecule has 0 bridgehead atoms. The van der Waals surface area contributed by atoms with Crippen LogP contribution in [0.1, 0.15) is 106 Å². The highest BCUT2D eigenvalue weighted by Gasteiger charge is 2.23. The number of rotatable bonds is 43. The van der Waals surface area contributed by atoms with Gasteiger partial charge in [-0.05, 0) is 24.6 Å². The van der Waals surface area contributed by atoms with Crippen molar-refractivity contribution in [2.24, 2.45) is 55.1 Å². The summed E-state index contributed by atoms with van der Waals surface area (Å²) in [6.07, 6.45) is 12.0. The number of ether oxygens (including phenoxy) is 5.